The number of sulfonamides is 1. The predicted octanol–water partition coefficient (Wildman–Crippen LogP) is 6.54. The summed E-state index contributed by atoms with van der Waals surface area (Å²) in [7, 11) is -4.25. The fraction of sp³-hybridized carbons (Fsp3) is 0.257. The van der Waals surface area contributed by atoms with Crippen LogP contribution >= 0.6 is 11.6 Å². The number of hydrogen-bond acceptors (Lipinski definition) is 4. The first-order valence-electron chi connectivity index (χ1n) is 14.7. The number of aryl methyl sites for hydroxylation is 1. The zero-order chi connectivity index (χ0) is 32.6. The van der Waals surface area contributed by atoms with Crippen LogP contribution in [0.4, 0.5) is 10.1 Å². The van der Waals surface area contributed by atoms with Crippen molar-refractivity contribution in [1.82, 2.24) is 10.2 Å². The highest BCUT2D eigenvalue weighted by atomic mass is 35.5. The van der Waals surface area contributed by atoms with Gasteiger partial charge < -0.3 is 10.2 Å². The minimum absolute atomic E-state index is 0.00221. The second kappa shape index (κ2) is 15.2. The summed E-state index contributed by atoms with van der Waals surface area (Å²) in [4.78, 5) is 29.7. The summed E-state index contributed by atoms with van der Waals surface area (Å²) in [5, 5.41) is 3.30. The lowest BCUT2D eigenvalue weighted by Gasteiger charge is -2.34. The molecule has 0 aliphatic carbocycles. The van der Waals surface area contributed by atoms with Crippen LogP contribution in [0.2, 0.25) is 5.02 Å². The molecular formula is C35H37ClFN3O4S. The third-order valence-electron chi connectivity index (χ3n) is 7.59. The lowest BCUT2D eigenvalue weighted by Crippen LogP contribution is -2.54. The minimum Gasteiger partial charge on any atom is -0.352 e. The zero-order valence-corrected chi connectivity index (χ0v) is 27.1. The van der Waals surface area contributed by atoms with E-state index in [1.165, 1.54) is 35.2 Å². The normalized spacial score (nSPS) is 12.6. The van der Waals surface area contributed by atoms with Crippen molar-refractivity contribution in [2.45, 2.75) is 57.1 Å². The highest BCUT2D eigenvalue weighted by Gasteiger charge is 2.35. The van der Waals surface area contributed by atoms with Gasteiger partial charge in [0.05, 0.1) is 10.6 Å². The van der Waals surface area contributed by atoms with Gasteiger partial charge in [0.25, 0.3) is 10.0 Å². The quantitative estimate of drug-likeness (QED) is 0.178. The number of rotatable bonds is 13. The molecule has 0 heterocycles. The lowest BCUT2D eigenvalue weighted by molar-refractivity contribution is -0.140. The van der Waals surface area contributed by atoms with Crippen molar-refractivity contribution in [1.29, 1.82) is 0 Å². The number of benzene rings is 4. The molecule has 45 heavy (non-hydrogen) atoms. The van der Waals surface area contributed by atoms with E-state index in [-0.39, 0.29) is 35.5 Å². The van der Waals surface area contributed by atoms with E-state index in [0.29, 0.717) is 22.6 Å². The standard InChI is InChI=1S/C35H37ClFN3O4S/c1-4-26(3)38-35(42)33(21-27-11-7-5-8-12-27)39(23-28-16-19-30(37)20-17-28)34(41)24-40(32-22-29(36)18-15-25(32)2)45(43,44)31-13-9-6-10-14-31/h5-20,22,26,33H,4,21,23-24H2,1-3H3,(H,38,42)/t26-,33+/m0/s1. The molecule has 2 amide bonds. The highest BCUT2D eigenvalue weighted by molar-refractivity contribution is 7.92. The maximum atomic E-state index is 14.5. The monoisotopic (exact) mass is 649 g/mol. The Morgan fingerprint density at radius 2 is 1.51 bits per heavy atom. The van der Waals surface area contributed by atoms with Crippen molar-refractivity contribution in [2.24, 2.45) is 0 Å². The van der Waals surface area contributed by atoms with Crippen molar-refractivity contribution < 1.29 is 22.4 Å². The van der Waals surface area contributed by atoms with E-state index in [1.807, 2.05) is 44.2 Å². The first-order chi connectivity index (χ1) is 21.5. The number of halogens is 2. The molecule has 0 radical (unpaired) electrons. The van der Waals surface area contributed by atoms with Crippen LogP contribution in [0, 0.1) is 12.7 Å². The minimum atomic E-state index is -4.25. The number of carbonyl (C=O) groups excluding carboxylic acids is 2. The molecule has 4 aromatic rings. The second-order valence-electron chi connectivity index (χ2n) is 10.9. The van der Waals surface area contributed by atoms with Gasteiger partial charge in [-0.15, -0.1) is 0 Å². The Hall–Kier alpha value is -4.21. The largest absolute Gasteiger partial charge is 0.352 e. The molecule has 0 aliphatic heterocycles. The van der Waals surface area contributed by atoms with Crippen LogP contribution in [0.25, 0.3) is 0 Å². The predicted molar refractivity (Wildman–Crippen MR) is 176 cm³/mol. The highest BCUT2D eigenvalue weighted by Crippen LogP contribution is 2.30. The van der Waals surface area contributed by atoms with E-state index < -0.39 is 34.3 Å². The maximum Gasteiger partial charge on any atom is 0.264 e. The van der Waals surface area contributed by atoms with Crippen molar-refractivity contribution in [3.63, 3.8) is 0 Å². The van der Waals surface area contributed by atoms with Crippen molar-refractivity contribution in [3.8, 4) is 0 Å². The number of hydrogen-bond donors (Lipinski definition) is 1. The molecule has 0 fully saturated rings. The Morgan fingerprint density at radius 3 is 2.13 bits per heavy atom. The van der Waals surface area contributed by atoms with Gasteiger partial charge in [0.15, 0.2) is 0 Å². The van der Waals surface area contributed by atoms with E-state index in [1.54, 1.807) is 49.4 Å². The fourth-order valence-electron chi connectivity index (χ4n) is 4.87. The third kappa shape index (κ3) is 8.71. The molecule has 1 N–H and O–H groups in total. The number of nitrogens with zero attached hydrogens (tertiary/aromatic N) is 2. The summed E-state index contributed by atoms with van der Waals surface area (Å²) in [5.41, 5.74) is 2.23. The van der Waals surface area contributed by atoms with Gasteiger partial charge in [-0.2, -0.15) is 0 Å². The molecule has 10 heteroatoms. The van der Waals surface area contributed by atoms with Crippen molar-refractivity contribution >= 4 is 39.1 Å². The summed E-state index contributed by atoms with van der Waals surface area (Å²) >= 11 is 6.32. The Morgan fingerprint density at radius 1 is 0.889 bits per heavy atom. The van der Waals surface area contributed by atoms with Crippen LogP contribution in [0.3, 0.4) is 0 Å². The van der Waals surface area contributed by atoms with Crippen LogP contribution in [0.1, 0.15) is 37.0 Å². The number of amides is 2. The average Bonchev–Trinajstić information content (AvgIpc) is 3.04. The van der Waals surface area contributed by atoms with Gasteiger partial charge in [-0.05, 0) is 73.4 Å². The van der Waals surface area contributed by atoms with Gasteiger partial charge in [0.2, 0.25) is 11.8 Å². The molecule has 4 aromatic carbocycles. The average molecular weight is 650 g/mol. The fourth-order valence-corrected chi connectivity index (χ4v) is 6.52. The molecule has 0 saturated heterocycles. The van der Waals surface area contributed by atoms with E-state index in [2.05, 4.69) is 5.32 Å². The van der Waals surface area contributed by atoms with E-state index in [4.69, 9.17) is 11.6 Å². The van der Waals surface area contributed by atoms with Gasteiger partial charge in [0.1, 0.15) is 18.4 Å². The molecule has 7 nitrogen and oxygen atoms in total. The number of nitrogens with one attached hydrogen (secondary N) is 1. The summed E-state index contributed by atoms with van der Waals surface area (Å²) in [5.74, 6) is -1.43. The number of carbonyl (C=O) groups is 2. The smallest absolute Gasteiger partial charge is 0.264 e. The van der Waals surface area contributed by atoms with Gasteiger partial charge in [-0.25, -0.2) is 12.8 Å². The Balaban J connectivity index is 1.83. The first kappa shape index (κ1) is 33.7. The molecule has 0 aromatic heterocycles. The summed E-state index contributed by atoms with van der Waals surface area (Å²) in [6, 6.07) is 26.4. The molecule has 0 aliphatic rings. The first-order valence-corrected chi connectivity index (χ1v) is 16.5. The SMILES string of the molecule is CC[C@H](C)NC(=O)[C@@H](Cc1ccccc1)N(Cc1ccc(F)cc1)C(=O)CN(c1cc(Cl)ccc1C)S(=O)(=O)c1ccccc1. The number of anilines is 1. The Kier molecular flexibility index (Phi) is 11.4. The van der Waals surface area contributed by atoms with Crippen LogP contribution in [-0.2, 0) is 32.6 Å². The summed E-state index contributed by atoms with van der Waals surface area (Å²) in [6.45, 7) is 4.88. The summed E-state index contributed by atoms with van der Waals surface area (Å²) in [6.07, 6.45) is 0.852. The maximum absolute atomic E-state index is 14.5. The molecule has 0 unspecified atom stereocenters. The second-order valence-corrected chi connectivity index (χ2v) is 13.2. The Bertz CT molecular complexity index is 1700. The molecule has 2 atom stereocenters. The van der Waals surface area contributed by atoms with Crippen LogP contribution in [0.15, 0.2) is 108 Å². The van der Waals surface area contributed by atoms with Gasteiger partial charge >= 0.3 is 0 Å². The van der Waals surface area contributed by atoms with E-state index in [0.717, 1.165) is 9.87 Å². The van der Waals surface area contributed by atoms with Crippen LogP contribution in [-0.4, -0.2) is 43.8 Å². The van der Waals surface area contributed by atoms with Crippen molar-refractivity contribution in [2.75, 3.05) is 10.8 Å². The van der Waals surface area contributed by atoms with E-state index in [9.17, 15) is 22.4 Å². The van der Waals surface area contributed by atoms with E-state index >= 15 is 0 Å². The van der Waals surface area contributed by atoms with Crippen molar-refractivity contribution in [3.05, 3.63) is 131 Å². The zero-order valence-electron chi connectivity index (χ0n) is 25.5. The van der Waals surface area contributed by atoms with Gasteiger partial charge in [-0.1, -0.05) is 85.3 Å². The topological polar surface area (TPSA) is 86.8 Å². The molecule has 0 saturated carbocycles. The third-order valence-corrected chi connectivity index (χ3v) is 9.60. The lowest BCUT2D eigenvalue weighted by atomic mass is 10.0. The Labute approximate surface area is 269 Å². The molecule has 0 bridgehead atoms. The molecule has 0 spiro atoms. The van der Waals surface area contributed by atoms with Gasteiger partial charge in [0, 0.05) is 24.0 Å². The summed E-state index contributed by atoms with van der Waals surface area (Å²) < 4.78 is 43.1. The van der Waals surface area contributed by atoms with Gasteiger partial charge in [-0.3, -0.25) is 13.9 Å². The van der Waals surface area contributed by atoms with Crippen LogP contribution in [0.5, 0.6) is 0 Å². The van der Waals surface area contributed by atoms with Crippen LogP contribution < -0.4 is 9.62 Å². The molecule has 4 rings (SSSR count). The molecular weight excluding hydrogens is 613 g/mol. The molecule has 236 valence electrons.